The van der Waals surface area contributed by atoms with Crippen molar-refractivity contribution in [2.45, 2.75) is 65.5 Å². The number of hydrogen-bond acceptors (Lipinski definition) is 3. The number of aromatic nitrogens is 1. The van der Waals surface area contributed by atoms with Gasteiger partial charge in [-0.2, -0.15) is 0 Å². The molecular formula is C17H28N2O. The molecule has 3 nitrogen and oxygen atoms in total. The van der Waals surface area contributed by atoms with E-state index >= 15 is 0 Å². The van der Waals surface area contributed by atoms with Gasteiger partial charge < -0.3 is 10.4 Å². The van der Waals surface area contributed by atoms with Crippen molar-refractivity contribution in [1.29, 1.82) is 0 Å². The third-order valence-electron chi connectivity index (χ3n) is 4.62. The van der Waals surface area contributed by atoms with Gasteiger partial charge in [0.1, 0.15) is 0 Å². The van der Waals surface area contributed by atoms with Gasteiger partial charge >= 0.3 is 0 Å². The minimum absolute atomic E-state index is 0.292. The van der Waals surface area contributed by atoms with E-state index < -0.39 is 0 Å². The van der Waals surface area contributed by atoms with Crippen molar-refractivity contribution in [1.82, 2.24) is 10.3 Å². The molecule has 0 bridgehead atoms. The van der Waals surface area contributed by atoms with Gasteiger partial charge in [-0.05, 0) is 63.6 Å². The molecule has 1 aromatic rings. The average molecular weight is 276 g/mol. The van der Waals surface area contributed by atoms with E-state index in [1.165, 1.54) is 30.4 Å². The Balaban J connectivity index is 2.13. The second-order valence-corrected chi connectivity index (χ2v) is 6.30. The number of nitrogens with one attached hydrogen (secondary N) is 1. The van der Waals surface area contributed by atoms with Crippen molar-refractivity contribution in [2.75, 3.05) is 6.61 Å². The van der Waals surface area contributed by atoms with E-state index in [1.807, 2.05) is 6.92 Å². The van der Waals surface area contributed by atoms with Crippen LogP contribution in [0, 0.1) is 26.7 Å². The smallest absolute Gasteiger partial charge is 0.0474 e. The molecule has 20 heavy (non-hydrogen) atoms. The maximum absolute atomic E-state index is 9.54. The fourth-order valence-corrected chi connectivity index (χ4v) is 3.74. The number of aliphatic hydroxyl groups excluding tert-OH is 1. The van der Waals surface area contributed by atoms with Crippen LogP contribution in [-0.2, 0) is 0 Å². The monoisotopic (exact) mass is 276 g/mol. The molecule has 1 saturated carbocycles. The number of pyridine rings is 1. The van der Waals surface area contributed by atoms with Gasteiger partial charge in [-0.25, -0.2) is 0 Å². The molecule has 1 fully saturated rings. The van der Waals surface area contributed by atoms with Crippen molar-refractivity contribution in [2.24, 2.45) is 5.92 Å². The van der Waals surface area contributed by atoms with Gasteiger partial charge in [-0.15, -0.1) is 0 Å². The van der Waals surface area contributed by atoms with Crippen molar-refractivity contribution in [3.05, 3.63) is 28.6 Å². The Labute approximate surface area is 122 Å². The molecule has 1 aromatic heterocycles. The minimum Gasteiger partial charge on any atom is -0.396 e. The normalized spacial score (nSPS) is 24.6. The summed E-state index contributed by atoms with van der Waals surface area (Å²) < 4.78 is 0. The van der Waals surface area contributed by atoms with Crippen LogP contribution in [-0.4, -0.2) is 22.7 Å². The molecule has 3 atom stereocenters. The summed E-state index contributed by atoms with van der Waals surface area (Å²) in [6, 6.07) is 2.88. The lowest BCUT2D eigenvalue weighted by Crippen LogP contribution is -2.41. The van der Waals surface area contributed by atoms with E-state index in [-0.39, 0.29) is 0 Å². The maximum Gasteiger partial charge on any atom is 0.0474 e. The largest absolute Gasteiger partial charge is 0.396 e. The van der Waals surface area contributed by atoms with E-state index in [0.29, 0.717) is 24.6 Å². The lowest BCUT2D eigenvalue weighted by Gasteiger charge is -2.34. The van der Waals surface area contributed by atoms with Gasteiger partial charge in [-0.1, -0.05) is 12.8 Å². The number of rotatable bonds is 4. The van der Waals surface area contributed by atoms with Crippen molar-refractivity contribution >= 4 is 0 Å². The van der Waals surface area contributed by atoms with Crippen molar-refractivity contribution < 1.29 is 5.11 Å². The highest BCUT2D eigenvalue weighted by molar-refractivity contribution is 5.33. The molecule has 1 aliphatic carbocycles. The molecule has 2 rings (SSSR count). The molecule has 0 amide bonds. The van der Waals surface area contributed by atoms with Crippen molar-refractivity contribution in [3.63, 3.8) is 0 Å². The summed E-state index contributed by atoms with van der Waals surface area (Å²) >= 11 is 0. The summed E-state index contributed by atoms with van der Waals surface area (Å²) in [6.45, 7) is 8.83. The van der Waals surface area contributed by atoms with Crippen LogP contribution in [0.5, 0.6) is 0 Å². The third kappa shape index (κ3) is 3.39. The first kappa shape index (κ1) is 15.5. The standard InChI is InChI=1S/C17H28N2O/c1-11-9-12(2)18-13(3)17(11)14(4)19-16-8-6-5-7-15(16)10-20/h9,14-16,19-20H,5-8,10H2,1-4H3. The summed E-state index contributed by atoms with van der Waals surface area (Å²) in [7, 11) is 0. The molecule has 3 heteroatoms. The molecule has 0 radical (unpaired) electrons. The molecule has 0 saturated heterocycles. The van der Waals surface area contributed by atoms with Gasteiger partial charge in [0.05, 0.1) is 0 Å². The first-order valence-electron chi connectivity index (χ1n) is 7.84. The van der Waals surface area contributed by atoms with Crippen LogP contribution in [0.2, 0.25) is 0 Å². The molecule has 0 spiro atoms. The molecular weight excluding hydrogens is 248 g/mol. The first-order valence-corrected chi connectivity index (χ1v) is 7.84. The zero-order valence-electron chi connectivity index (χ0n) is 13.2. The molecule has 1 aliphatic rings. The van der Waals surface area contributed by atoms with Crippen molar-refractivity contribution in [3.8, 4) is 0 Å². The lowest BCUT2D eigenvalue weighted by molar-refractivity contribution is 0.147. The number of aliphatic hydroxyl groups is 1. The second kappa shape index (κ2) is 6.68. The zero-order valence-corrected chi connectivity index (χ0v) is 13.2. The van der Waals surface area contributed by atoms with Gasteiger partial charge in [0.2, 0.25) is 0 Å². The van der Waals surface area contributed by atoms with Crippen LogP contribution in [0.25, 0.3) is 0 Å². The second-order valence-electron chi connectivity index (χ2n) is 6.30. The summed E-state index contributed by atoms with van der Waals surface area (Å²) in [5.41, 5.74) is 4.84. The fourth-order valence-electron chi connectivity index (χ4n) is 3.74. The summed E-state index contributed by atoms with van der Waals surface area (Å²) in [5, 5.41) is 13.3. The van der Waals surface area contributed by atoms with Gasteiger partial charge in [0.15, 0.2) is 0 Å². The average Bonchev–Trinajstić information content (AvgIpc) is 2.38. The van der Waals surface area contributed by atoms with E-state index in [9.17, 15) is 5.11 Å². The van der Waals surface area contributed by atoms with Crippen LogP contribution in [0.4, 0.5) is 0 Å². The molecule has 3 unspecified atom stereocenters. The van der Waals surface area contributed by atoms with E-state index in [1.54, 1.807) is 0 Å². The Morgan fingerprint density at radius 2 is 2.00 bits per heavy atom. The predicted molar refractivity (Wildman–Crippen MR) is 82.8 cm³/mol. The molecule has 2 N–H and O–H groups in total. The Hall–Kier alpha value is -0.930. The molecule has 0 aromatic carbocycles. The van der Waals surface area contributed by atoms with E-state index in [4.69, 9.17) is 0 Å². The Morgan fingerprint density at radius 3 is 2.65 bits per heavy atom. The Morgan fingerprint density at radius 1 is 1.30 bits per heavy atom. The zero-order chi connectivity index (χ0) is 14.7. The van der Waals surface area contributed by atoms with Gasteiger partial charge in [-0.3, -0.25) is 4.98 Å². The molecule has 0 aliphatic heterocycles. The number of nitrogens with zero attached hydrogens (tertiary/aromatic N) is 1. The van der Waals surface area contributed by atoms with Gasteiger partial charge in [0.25, 0.3) is 0 Å². The highest BCUT2D eigenvalue weighted by Crippen LogP contribution is 2.28. The summed E-state index contributed by atoms with van der Waals surface area (Å²) in [5.74, 6) is 0.408. The number of aryl methyl sites for hydroxylation is 3. The highest BCUT2D eigenvalue weighted by atomic mass is 16.3. The Kier molecular flexibility index (Phi) is 5.17. The van der Waals surface area contributed by atoms with Crippen LogP contribution >= 0.6 is 0 Å². The summed E-state index contributed by atoms with van der Waals surface area (Å²) in [6.07, 6.45) is 4.84. The Bertz CT molecular complexity index is 435. The van der Waals surface area contributed by atoms with Crippen LogP contribution in [0.3, 0.4) is 0 Å². The quantitative estimate of drug-likeness (QED) is 0.887. The van der Waals surface area contributed by atoms with E-state index in [0.717, 1.165) is 17.8 Å². The number of hydrogen-bond donors (Lipinski definition) is 2. The van der Waals surface area contributed by atoms with E-state index in [2.05, 4.69) is 37.1 Å². The molecule has 1 heterocycles. The minimum atomic E-state index is 0.292. The lowest BCUT2D eigenvalue weighted by atomic mass is 9.84. The maximum atomic E-state index is 9.54. The van der Waals surface area contributed by atoms with Gasteiger partial charge in [0, 0.05) is 30.1 Å². The SMILES string of the molecule is Cc1cc(C)c(C(C)NC2CCCCC2CO)c(C)n1. The fraction of sp³-hybridized carbons (Fsp3) is 0.706. The van der Waals surface area contributed by atoms with Crippen LogP contribution < -0.4 is 5.32 Å². The predicted octanol–water partition coefficient (Wildman–Crippen LogP) is 3.21. The summed E-state index contributed by atoms with van der Waals surface area (Å²) in [4.78, 5) is 4.60. The topological polar surface area (TPSA) is 45.1 Å². The highest BCUT2D eigenvalue weighted by Gasteiger charge is 2.26. The van der Waals surface area contributed by atoms with Crippen LogP contribution in [0.15, 0.2) is 6.07 Å². The first-order chi connectivity index (χ1) is 9.52. The van der Waals surface area contributed by atoms with Crippen LogP contribution in [0.1, 0.15) is 61.2 Å². The third-order valence-corrected chi connectivity index (χ3v) is 4.62. The molecule has 112 valence electrons.